The molecule has 0 radical (unpaired) electrons. The minimum Gasteiger partial charge on any atom is -0.466 e. The number of carbonyl (C=O) groups excluding carboxylic acids is 1. The summed E-state index contributed by atoms with van der Waals surface area (Å²) in [4.78, 5) is 11.2. The molecule has 0 spiro atoms. The lowest BCUT2D eigenvalue weighted by Crippen LogP contribution is -2.02. The Morgan fingerprint density at radius 1 is 1.31 bits per heavy atom. The predicted molar refractivity (Wildman–Crippen MR) is 63.0 cm³/mol. The predicted octanol–water partition coefficient (Wildman–Crippen LogP) is 2.20. The van der Waals surface area contributed by atoms with Crippen molar-refractivity contribution in [2.75, 3.05) is 20.8 Å². The Labute approximate surface area is 95.7 Å². The number of rotatable bonds is 4. The fourth-order valence-electron chi connectivity index (χ4n) is 1.49. The number of aryl methyl sites for hydroxylation is 1. The van der Waals surface area contributed by atoms with Gasteiger partial charge in [0.15, 0.2) is 0 Å². The van der Waals surface area contributed by atoms with Gasteiger partial charge in [0.25, 0.3) is 0 Å². The highest BCUT2D eigenvalue weighted by Crippen LogP contribution is 2.18. The van der Waals surface area contributed by atoms with E-state index in [1.165, 1.54) is 13.2 Å². The van der Waals surface area contributed by atoms with Crippen molar-refractivity contribution in [1.29, 1.82) is 0 Å². The second-order valence-corrected chi connectivity index (χ2v) is 3.44. The number of ether oxygens (including phenoxy) is 2. The van der Waals surface area contributed by atoms with Gasteiger partial charge in [-0.25, -0.2) is 4.79 Å². The number of carbonyl (C=O) groups is 1. The van der Waals surface area contributed by atoms with Crippen LogP contribution in [0, 0.1) is 6.92 Å². The van der Waals surface area contributed by atoms with Gasteiger partial charge in [0, 0.05) is 13.2 Å². The number of hydrogen-bond acceptors (Lipinski definition) is 3. The average molecular weight is 220 g/mol. The molecule has 0 aliphatic carbocycles. The van der Waals surface area contributed by atoms with Gasteiger partial charge in [-0.3, -0.25) is 0 Å². The van der Waals surface area contributed by atoms with Crippen LogP contribution in [0.2, 0.25) is 0 Å². The summed E-state index contributed by atoms with van der Waals surface area (Å²) in [6.07, 6.45) is 1.46. The van der Waals surface area contributed by atoms with Crippen molar-refractivity contribution in [2.24, 2.45) is 0 Å². The summed E-state index contributed by atoms with van der Waals surface area (Å²) in [7, 11) is 2.96. The Morgan fingerprint density at radius 2 is 2.00 bits per heavy atom. The molecule has 0 fully saturated rings. The van der Waals surface area contributed by atoms with Crippen LogP contribution < -0.4 is 0 Å². The Kier molecular flexibility index (Phi) is 4.73. The second-order valence-electron chi connectivity index (χ2n) is 3.44. The zero-order valence-electron chi connectivity index (χ0n) is 9.82. The number of benzene rings is 1. The Bertz CT molecular complexity index is 394. The molecule has 0 aliphatic rings. The van der Waals surface area contributed by atoms with Crippen molar-refractivity contribution < 1.29 is 14.3 Å². The fraction of sp³-hybridized carbons (Fsp3) is 0.308. The maximum Gasteiger partial charge on any atom is 0.330 e. The van der Waals surface area contributed by atoms with E-state index >= 15 is 0 Å². The molecular formula is C13H16O3. The van der Waals surface area contributed by atoms with Crippen LogP contribution in [0.25, 0.3) is 5.57 Å². The van der Waals surface area contributed by atoms with Crippen molar-refractivity contribution in [2.45, 2.75) is 6.92 Å². The molecule has 3 heteroatoms. The van der Waals surface area contributed by atoms with Crippen molar-refractivity contribution in [1.82, 2.24) is 0 Å². The van der Waals surface area contributed by atoms with Crippen LogP contribution in [0.3, 0.4) is 0 Å². The van der Waals surface area contributed by atoms with Gasteiger partial charge in [-0.05, 0) is 23.6 Å². The van der Waals surface area contributed by atoms with Gasteiger partial charge in [-0.1, -0.05) is 24.3 Å². The number of esters is 1. The molecule has 86 valence electrons. The molecule has 3 nitrogen and oxygen atoms in total. The van der Waals surface area contributed by atoms with Crippen LogP contribution in [0.4, 0.5) is 0 Å². The lowest BCUT2D eigenvalue weighted by atomic mass is 10.0. The third-order valence-corrected chi connectivity index (χ3v) is 2.28. The first-order valence-electron chi connectivity index (χ1n) is 5.02. The first-order valence-corrected chi connectivity index (χ1v) is 5.02. The molecule has 1 aromatic rings. The smallest absolute Gasteiger partial charge is 0.330 e. The fourth-order valence-corrected chi connectivity index (χ4v) is 1.49. The molecule has 0 atom stereocenters. The van der Waals surface area contributed by atoms with Crippen LogP contribution in [0.15, 0.2) is 30.3 Å². The van der Waals surface area contributed by atoms with Crippen molar-refractivity contribution in [3.05, 3.63) is 41.5 Å². The summed E-state index contributed by atoms with van der Waals surface area (Å²) in [6.45, 7) is 2.38. The van der Waals surface area contributed by atoms with E-state index in [9.17, 15) is 4.79 Å². The molecule has 0 bridgehead atoms. The minimum absolute atomic E-state index is 0.365. The van der Waals surface area contributed by atoms with Gasteiger partial charge < -0.3 is 9.47 Å². The van der Waals surface area contributed by atoms with Crippen LogP contribution in [0.5, 0.6) is 0 Å². The van der Waals surface area contributed by atoms with Crippen molar-refractivity contribution in [3.63, 3.8) is 0 Å². The third-order valence-electron chi connectivity index (χ3n) is 2.28. The van der Waals surface area contributed by atoms with Crippen LogP contribution >= 0.6 is 0 Å². The van der Waals surface area contributed by atoms with E-state index < -0.39 is 0 Å². The molecule has 1 rings (SSSR count). The monoisotopic (exact) mass is 220 g/mol. The van der Waals surface area contributed by atoms with Crippen LogP contribution in [-0.4, -0.2) is 26.8 Å². The Balaban J connectivity index is 3.07. The molecule has 0 heterocycles. The molecule has 0 saturated carbocycles. The van der Waals surface area contributed by atoms with E-state index in [0.29, 0.717) is 6.61 Å². The van der Waals surface area contributed by atoms with Gasteiger partial charge in [-0.2, -0.15) is 0 Å². The Hall–Kier alpha value is -1.61. The quantitative estimate of drug-likeness (QED) is 0.576. The number of methoxy groups -OCH3 is 2. The van der Waals surface area contributed by atoms with Gasteiger partial charge in [-0.15, -0.1) is 0 Å². The number of hydrogen-bond donors (Lipinski definition) is 0. The zero-order chi connectivity index (χ0) is 12.0. The molecule has 0 unspecified atom stereocenters. The molecule has 0 aliphatic heterocycles. The van der Waals surface area contributed by atoms with Gasteiger partial charge in [0.1, 0.15) is 0 Å². The van der Waals surface area contributed by atoms with Crippen molar-refractivity contribution >= 4 is 11.5 Å². The normalized spacial score (nSPS) is 11.3. The highest BCUT2D eigenvalue weighted by Gasteiger charge is 2.07. The van der Waals surface area contributed by atoms with E-state index in [2.05, 4.69) is 4.74 Å². The molecule has 0 saturated heterocycles. The van der Waals surface area contributed by atoms with E-state index in [1.54, 1.807) is 7.11 Å². The summed E-state index contributed by atoms with van der Waals surface area (Å²) in [5, 5.41) is 0. The van der Waals surface area contributed by atoms with Gasteiger partial charge in [0.2, 0.25) is 0 Å². The highest BCUT2D eigenvalue weighted by molar-refractivity contribution is 5.92. The maximum absolute atomic E-state index is 11.2. The van der Waals surface area contributed by atoms with Gasteiger partial charge in [0.05, 0.1) is 13.7 Å². The molecule has 0 aromatic heterocycles. The summed E-state index contributed by atoms with van der Waals surface area (Å²) in [5.74, 6) is -0.365. The topological polar surface area (TPSA) is 35.5 Å². The van der Waals surface area contributed by atoms with E-state index in [1.807, 2.05) is 31.2 Å². The van der Waals surface area contributed by atoms with E-state index in [0.717, 1.165) is 16.7 Å². The highest BCUT2D eigenvalue weighted by atomic mass is 16.5. The first kappa shape index (κ1) is 12.5. The van der Waals surface area contributed by atoms with E-state index in [-0.39, 0.29) is 5.97 Å². The third kappa shape index (κ3) is 3.21. The molecule has 0 N–H and O–H groups in total. The summed E-state index contributed by atoms with van der Waals surface area (Å²) in [5.41, 5.74) is 2.94. The van der Waals surface area contributed by atoms with Crippen molar-refractivity contribution in [3.8, 4) is 0 Å². The molecular weight excluding hydrogens is 204 g/mol. The van der Waals surface area contributed by atoms with Crippen LogP contribution in [-0.2, 0) is 14.3 Å². The molecule has 16 heavy (non-hydrogen) atoms. The average Bonchev–Trinajstić information content (AvgIpc) is 2.29. The summed E-state index contributed by atoms with van der Waals surface area (Å²) < 4.78 is 9.70. The molecule has 1 aromatic carbocycles. The largest absolute Gasteiger partial charge is 0.466 e. The molecule has 0 amide bonds. The lowest BCUT2D eigenvalue weighted by Gasteiger charge is -2.09. The SMILES string of the molecule is COC/C(=C/C(=O)OC)c1ccccc1C. The zero-order valence-corrected chi connectivity index (χ0v) is 9.82. The standard InChI is InChI=1S/C13H16O3/c1-10-6-4-5-7-12(10)11(9-15-2)8-13(14)16-3/h4-8H,9H2,1-3H3/b11-8-. The maximum atomic E-state index is 11.2. The minimum atomic E-state index is -0.365. The summed E-state index contributed by atoms with van der Waals surface area (Å²) >= 11 is 0. The summed E-state index contributed by atoms with van der Waals surface area (Å²) in [6, 6.07) is 7.85. The first-order chi connectivity index (χ1) is 7.69. The van der Waals surface area contributed by atoms with Gasteiger partial charge >= 0.3 is 5.97 Å². The van der Waals surface area contributed by atoms with E-state index in [4.69, 9.17) is 4.74 Å². The lowest BCUT2D eigenvalue weighted by molar-refractivity contribution is -0.134. The Morgan fingerprint density at radius 3 is 2.56 bits per heavy atom. The van der Waals surface area contributed by atoms with Crippen LogP contribution in [0.1, 0.15) is 11.1 Å². The second kappa shape index (κ2) is 6.08.